The summed E-state index contributed by atoms with van der Waals surface area (Å²) >= 11 is 0. The number of carbonyl (C=O) groups excluding carboxylic acids is 2. The summed E-state index contributed by atoms with van der Waals surface area (Å²) < 4.78 is 9.97. The summed E-state index contributed by atoms with van der Waals surface area (Å²) in [5, 5.41) is 0. The number of methoxy groups -OCH3 is 1. The molecule has 5 heteroatoms. The molecule has 0 saturated heterocycles. The lowest BCUT2D eigenvalue weighted by Gasteiger charge is -2.24. The van der Waals surface area contributed by atoms with Gasteiger partial charge < -0.3 is 14.4 Å². The van der Waals surface area contributed by atoms with Crippen molar-refractivity contribution in [2.45, 2.75) is 39.2 Å². The van der Waals surface area contributed by atoms with Gasteiger partial charge in [-0.15, -0.1) is 0 Å². The second kappa shape index (κ2) is 7.82. The van der Waals surface area contributed by atoms with Crippen molar-refractivity contribution >= 4 is 12.1 Å². The van der Waals surface area contributed by atoms with Crippen LogP contribution in [0.15, 0.2) is 24.3 Å². The normalized spacial score (nSPS) is 11.0. The smallest absolute Gasteiger partial charge is 0.410 e. The third-order valence-corrected chi connectivity index (χ3v) is 3.01. The molecule has 0 fully saturated rings. The largest absolute Gasteiger partial charge is 0.469 e. The molecule has 0 aliphatic heterocycles. The van der Waals surface area contributed by atoms with Crippen LogP contribution >= 0.6 is 0 Å². The van der Waals surface area contributed by atoms with Crippen molar-refractivity contribution < 1.29 is 19.1 Å². The van der Waals surface area contributed by atoms with E-state index in [0.717, 1.165) is 11.1 Å². The third-order valence-electron chi connectivity index (χ3n) is 3.01. The number of hydrogen-bond donors (Lipinski definition) is 0. The zero-order valence-electron chi connectivity index (χ0n) is 14.0. The SMILES string of the molecule is COC(=O)Cc1cccc(CCN(C)C(=O)OC(C)(C)C)c1. The van der Waals surface area contributed by atoms with E-state index in [0.29, 0.717) is 13.0 Å². The number of benzene rings is 1. The third kappa shape index (κ3) is 6.61. The number of hydrogen-bond acceptors (Lipinski definition) is 4. The van der Waals surface area contributed by atoms with E-state index < -0.39 is 5.60 Å². The Morgan fingerprint density at radius 1 is 1.18 bits per heavy atom. The Morgan fingerprint density at radius 2 is 1.82 bits per heavy atom. The Hall–Kier alpha value is -2.04. The molecule has 0 saturated carbocycles. The number of amides is 1. The Balaban J connectivity index is 2.55. The summed E-state index contributed by atoms with van der Waals surface area (Å²) in [4.78, 5) is 24.7. The number of likely N-dealkylation sites (N-methyl/N-ethyl adjacent to an activating group) is 1. The molecule has 0 N–H and O–H groups in total. The van der Waals surface area contributed by atoms with Crippen LogP contribution in [-0.4, -0.2) is 43.3 Å². The fraction of sp³-hybridized carbons (Fsp3) is 0.529. The Labute approximate surface area is 132 Å². The van der Waals surface area contributed by atoms with Crippen LogP contribution in [0.4, 0.5) is 4.79 Å². The highest BCUT2D eigenvalue weighted by molar-refractivity contribution is 5.72. The van der Waals surface area contributed by atoms with Crippen LogP contribution in [0.2, 0.25) is 0 Å². The number of nitrogens with zero attached hydrogens (tertiary/aromatic N) is 1. The molecule has 1 aromatic rings. The van der Waals surface area contributed by atoms with Gasteiger partial charge in [0.2, 0.25) is 0 Å². The summed E-state index contributed by atoms with van der Waals surface area (Å²) in [6.45, 7) is 6.08. The maximum atomic E-state index is 11.9. The van der Waals surface area contributed by atoms with E-state index in [4.69, 9.17) is 4.74 Å². The molecule has 1 rings (SSSR count). The maximum Gasteiger partial charge on any atom is 0.410 e. The molecule has 0 spiro atoms. The molecule has 0 heterocycles. The molecule has 0 unspecified atom stereocenters. The highest BCUT2D eigenvalue weighted by Crippen LogP contribution is 2.11. The molecule has 0 radical (unpaired) electrons. The van der Waals surface area contributed by atoms with Crippen molar-refractivity contribution in [2.24, 2.45) is 0 Å². The van der Waals surface area contributed by atoms with Crippen molar-refractivity contribution in [2.75, 3.05) is 20.7 Å². The highest BCUT2D eigenvalue weighted by atomic mass is 16.6. The summed E-state index contributed by atoms with van der Waals surface area (Å²) in [5.74, 6) is -0.261. The first kappa shape index (κ1) is 18.0. The molecule has 1 amide bonds. The van der Waals surface area contributed by atoms with Crippen molar-refractivity contribution in [1.29, 1.82) is 0 Å². The van der Waals surface area contributed by atoms with E-state index in [-0.39, 0.29) is 18.5 Å². The monoisotopic (exact) mass is 307 g/mol. The van der Waals surface area contributed by atoms with E-state index in [2.05, 4.69) is 4.74 Å². The molecule has 0 aliphatic rings. The van der Waals surface area contributed by atoms with Gasteiger partial charge >= 0.3 is 12.1 Å². The summed E-state index contributed by atoms with van der Waals surface area (Å²) in [6.07, 6.45) is 0.620. The van der Waals surface area contributed by atoms with E-state index in [9.17, 15) is 9.59 Å². The quantitative estimate of drug-likeness (QED) is 0.785. The lowest BCUT2D eigenvalue weighted by molar-refractivity contribution is -0.139. The topological polar surface area (TPSA) is 55.8 Å². The van der Waals surface area contributed by atoms with Gasteiger partial charge in [-0.1, -0.05) is 24.3 Å². The molecule has 122 valence electrons. The standard InChI is InChI=1S/C17H25NO4/c1-17(2,3)22-16(20)18(4)10-9-13-7-6-8-14(11-13)12-15(19)21-5/h6-8,11H,9-10,12H2,1-5H3. The molecular formula is C17H25NO4. The highest BCUT2D eigenvalue weighted by Gasteiger charge is 2.19. The van der Waals surface area contributed by atoms with Gasteiger partial charge in [0.15, 0.2) is 0 Å². The summed E-state index contributed by atoms with van der Waals surface area (Å²) in [6, 6.07) is 7.72. The first-order chi connectivity index (χ1) is 10.2. The van der Waals surface area contributed by atoms with Gasteiger partial charge in [-0.25, -0.2) is 4.79 Å². The van der Waals surface area contributed by atoms with Crippen LogP contribution in [0.3, 0.4) is 0 Å². The first-order valence-corrected chi connectivity index (χ1v) is 7.30. The van der Waals surface area contributed by atoms with Crippen LogP contribution in [0.25, 0.3) is 0 Å². The van der Waals surface area contributed by atoms with Gasteiger partial charge in [-0.2, -0.15) is 0 Å². The minimum absolute atomic E-state index is 0.256. The number of esters is 1. The molecule has 0 aliphatic carbocycles. The van der Waals surface area contributed by atoms with Crippen LogP contribution < -0.4 is 0 Å². The number of rotatable bonds is 5. The lowest BCUT2D eigenvalue weighted by Crippen LogP contribution is -2.35. The van der Waals surface area contributed by atoms with Crippen LogP contribution in [0.1, 0.15) is 31.9 Å². The lowest BCUT2D eigenvalue weighted by atomic mass is 10.1. The molecule has 0 aromatic heterocycles. The van der Waals surface area contributed by atoms with Crippen molar-refractivity contribution in [1.82, 2.24) is 4.90 Å². The average Bonchev–Trinajstić information content (AvgIpc) is 2.43. The Kier molecular flexibility index (Phi) is 6.40. The van der Waals surface area contributed by atoms with Gasteiger partial charge in [-0.05, 0) is 38.3 Å². The molecule has 1 aromatic carbocycles. The van der Waals surface area contributed by atoms with Crippen molar-refractivity contribution in [3.05, 3.63) is 35.4 Å². The summed E-state index contributed by atoms with van der Waals surface area (Å²) in [5.41, 5.74) is 1.48. The fourth-order valence-corrected chi connectivity index (χ4v) is 1.86. The van der Waals surface area contributed by atoms with Crippen LogP contribution in [-0.2, 0) is 27.1 Å². The van der Waals surface area contributed by atoms with Crippen molar-refractivity contribution in [3.8, 4) is 0 Å². The van der Waals surface area contributed by atoms with Gasteiger partial charge in [0.05, 0.1) is 13.5 Å². The van der Waals surface area contributed by atoms with Crippen LogP contribution in [0, 0.1) is 0 Å². The molecular weight excluding hydrogens is 282 g/mol. The second-order valence-electron chi connectivity index (χ2n) is 6.22. The molecule has 22 heavy (non-hydrogen) atoms. The number of ether oxygens (including phenoxy) is 2. The van der Waals surface area contributed by atoms with Gasteiger partial charge in [0.25, 0.3) is 0 Å². The first-order valence-electron chi connectivity index (χ1n) is 7.30. The fourth-order valence-electron chi connectivity index (χ4n) is 1.86. The maximum absolute atomic E-state index is 11.9. The van der Waals surface area contributed by atoms with Crippen LogP contribution in [0.5, 0.6) is 0 Å². The minimum atomic E-state index is -0.494. The predicted octanol–water partition coefficient (Wildman–Crippen LogP) is 2.81. The summed E-state index contributed by atoms with van der Waals surface area (Å²) in [7, 11) is 3.09. The molecule has 0 atom stereocenters. The second-order valence-corrected chi connectivity index (χ2v) is 6.22. The Bertz CT molecular complexity index is 520. The van der Waals surface area contributed by atoms with Gasteiger partial charge in [0, 0.05) is 13.6 Å². The van der Waals surface area contributed by atoms with E-state index in [1.165, 1.54) is 7.11 Å². The zero-order valence-corrected chi connectivity index (χ0v) is 14.0. The van der Waals surface area contributed by atoms with Gasteiger partial charge in [0.1, 0.15) is 5.60 Å². The van der Waals surface area contributed by atoms with Crippen molar-refractivity contribution in [3.63, 3.8) is 0 Å². The average molecular weight is 307 g/mol. The molecule has 5 nitrogen and oxygen atoms in total. The zero-order chi connectivity index (χ0) is 16.8. The van der Waals surface area contributed by atoms with Gasteiger partial charge in [-0.3, -0.25) is 4.79 Å². The number of carbonyl (C=O) groups is 2. The Morgan fingerprint density at radius 3 is 2.41 bits per heavy atom. The van der Waals surface area contributed by atoms with E-state index >= 15 is 0 Å². The minimum Gasteiger partial charge on any atom is -0.469 e. The predicted molar refractivity (Wildman–Crippen MR) is 84.7 cm³/mol. The molecule has 0 bridgehead atoms. The van der Waals surface area contributed by atoms with E-state index in [1.54, 1.807) is 11.9 Å². The van der Waals surface area contributed by atoms with E-state index in [1.807, 2.05) is 45.0 Å².